The van der Waals surface area contributed by atoms with E-state index in [1.54, 1.807) is 7.05 Å². The maximum atomic E-state index is 12.0. The van der Waals surface area contributed by atoms with Gasteiger partial charge in [-0.3, -0.25) is 4.79 Å². The predicted octanol–water partition coefficient (Wildman–Crippen LogP) is 0.144. The minimum Gasteiger partial charge on any atom is -0.351 e. The average molecular weight is 380 g/mol. The highest BCUT2D eigenvalue weighted by molar-refractivity contribution is 7.89. The first-order valence-electron chi connectivity index (χ1n) is 7.89. The minimum atomic E-state index is -3.78. The zero-order valence-corrected chi connectivity index (χ0v) is 15.4. The molecule has 10 heteroatoms. The Bertz CT molecular complexity index is 628. The summed E-state index contributed by atoms with van der Waals surface area (Å²) in [7, 11) is -2.10. The normalized spacial score (nSPS) is 17.1. The molecule has 0 spiro atoms. The van der Waals surface area contributed by atoms with Gasteiger partial charge in [0.15, 0.2) is 5.03 Å². The number of hydrogen-bond donors (Lipinski definition) is 3. The van der Waals surface area contributed by atoms with Crippen molar-refractivity contribution in [2.24, 2.45) is 18.7 Å². The second-order valence-electron chi connectivity index (χ2n) is 6.01. The summed E-state index contributed by atoms with van der Waals surface area (Å²) < 4.78 is 27.8. The number of sulfonamides is 1. The van der Waals surface area contributed by atoms with Crippen LogP contribution in [0.4, 0.5) is 0 Å². The summed E-state index contributed by atoms with van der Waals surface area (Å²) in [5.74, 6) is 0.00984. The van der Waals surface area contributed by atoms with E-state index in [4.69, 9.17) is 5.73 Å². The Hall–Kier alpha value is -1.16. The summed E-state index contributed by atoms with van der Waals surface area (Å²) in [4.78, 5) is 15.8. The number of rotatable bonds is 7. The summed E-state index contributed by atoms with van der Waals surface area (Å²) in [6.45, 7) is 0.0471. The van der Waals surface area contributed by atoms with Gasteiger partial charge in [0.2, 0.25) is 5.91 Å². The van der Waals surface area contributed by atoms with Crippen LogP contribution >= 0.6 is 12.4 Å². The monoisotopic (exact) mass is 379 g/mol. The third kappa shape index (κ3) is 5.73. The summed E-state index contributed by atoms with van der Waals surface area (Å²) in [5, 5.41) is 2.75. The average Bonchev–Trinajstić information content (AvgIpc) is 2.99. The summed E-state index contributed by atoms with van der Waals surface area (Å²) in [6, 6.07) is -0.0952. The number of amides is 1. The summed E-state index contributed by atoms with van der Waals surface area (Å²) in [5.41, 5.74) is 5.76. The lowest BCUT2D eigenvalue weighted by Gasteiger charge is -2.30. The predicted molar refractivity (Wildman–Crippen MR) is 93.2 cm³/mol. The van der Waals surface area contributed by atoms with Crippen molar-refractivity contribution in [2.45, 2.75) is 43.2 Å². The fourth-order valence-electron chi connectivity index (χ4n) is 2.93. The van der Waals surface area contributed by atoms with Crippen LogP contribution in [0.5, 0.6) is 0 Å². The summed E-state index contributed by atoms with van der Waals surface area (Å²) >= 11 is 0. The van der Waals surface area contributed by atoms with Crippen LogP contribution in [-0.2, 0) is 21.9 Å². The smallest absolute Gasteiger partial charge is 0.260 e. The molecule has 1 saturated carbocycles. The van der Waals surface area contributed by atoms with Crippen molar-refractivity contribution >= 4 is 28.3 Å². The lowest BCUT2D eigenvalue weighted by Crippen LogP contribution is -2.49. The molecule has 0 aliphatic heterocycles. The van der Waals surface area contributed by atoms with E-state index in [-0.39, 0.29) is 35.9 Å². The first-order chi connectivity index (χ1) is 10.9. The molecule has 138 valence electrons. The molecule has 24 heavy (non-hydrogen) atoms. The van der Waals surface area contributed by atoms with Gasteiger partial charge in [-0.05, 0) is 18.8 Å². The van der Waals surface area contributed by atoms with Crippen molar-refractivity contribution in [1.82, 2.24) is 19.6 Å². The molecule has 0 saturated heterocycles. The molecule has 0 bridgehead atoms. The second kappa shape index (κ2) is 9.36. The summed E-state index contributed by atoms with van der Waals surface area (Å²) in [6.07, 6.45) is 8.43. The SMILES string of the molecule is Cl.Cn1cnc(S(=O)(=O)NCC(=O)NC(CN)C2CCCCC2)c1. The third-order valence-corrected chi connectivity index (χ3v) is 5.48. The number of aromatic nitrogens is 2. The quantitative estimate of drug-likeness (QED) is 0.622. The molecule has 1 aliphatic rings. The topological polar surface area (TPSA) is 119 Å². The number of carbonyl (C=O) groups is 1. The van der Waals surface area contributed by atoms with E-state index in [2.05, 4.69) is 15.0 Å². The number of hydrogen-bond acceptors (Lipinski definition) is 5. The van der Waals surface area contributed by atoms with Gasteiger partial charge in [-0.15, -0.1) is 12.4 Å². The fraction of sp³-hybridized carbons (Fsp3) is 0.714. The largest absolute Gasteiger partial charge is 0.351 e. The van der Waals surface area contributed by atoms with Gasteiger partial charge in [0.25, 0.3) is 10.0 Å². The zero-order chi connectivity index (χ0) is 16.9. The number of aryl methyl sites for hydroxylation is 1. The maximum Gasteiger partial charge on any atom is 0.260 e. The van der Waals surface area contributed by atoms with E-state index in [1.807, 2.05) is 0 Å². The van der Waals surface area contributed by atoms with E-state index in [9.17, 15) is 13.2 Å². The van der Waals surface area contributed by atoms with Crippen LogP contribution in [-0.4, -0.2) is 43.0 Å². The molecular weight excluding hydrogens is 354 g/mol. The lowest BCUT2D eigenvalue weighted by atomic mass is 9.84. The molecule has 4 N–H and O–H groups in total. The molecule has 8 nitrogen and oxygen atoms in total. The van der Waals surface area contributed by atoms with Gasteiger partial charge < -0.3 is 15.6 Å². The van der Waals surface area contributed by atoms with Gasteiger partial charge in [-0.1, -0.05) is 19.3 Å². The molecule has 0 radical (unpaired) electrons. The van der Waals surface area contributed by atoms with Crippen molar-refractivity contribution in [1.29, 1.82) is 0 Å². The maximum absolute atomic E-state index is 12.0. The van der Waals surface area contributed by atoms with Crippen LogP contribution in [0.2, 0.25) is 0 Å². The van der Waals surface area contributed by atoms with Crippen LogP contribution in [0.15, 0.2) is 17.6 Å². The molecule has 1 amide bonds. The Labute approximate surface area is 149 Å². The third-order valence-electron chi connectivity index (χ3n) is 4.20. The standard InChI is InChI=1S/C14H25N5O3S.ClH/c1-19-9-14(16-10-19)23(21,22)17-8-13(20)18-12(7-15)11-5-3-2-4-6-11;/h9-12,17H,2-8,15H2,1H3,(H,18,20);1H. The van der Waals surface area contributed by atoms with Crippen molar-refractivity contribution in [3.63, 3.8) is 0 Å². The molecule has 0 aromatic carbocycles. The van der Waals surface area contributed by atoms with Crippen molar-refractivity contribution in [2.75, 3.05) is 13.1 Å². The highest BCUT2D eigenvalue weighted by Gasteiger charge is 2.25. The van der Waals surface area contributed by atoms with Crippen molar-refractivity contribution < 1.29 is 13.2 Å². The number of carbonyl (C=O) groups excluding carboxylic acids is 1. The molecular formula is C14H26ClN5O3S. The van der Waals surface area contributed by atoms with Crippen LogP contribution in [0.1, 0.15) is 32.1 Å². The minimum absolute atomic E-state index is 0. The number of halogens is 1. The van der Waals surface area contributed by atoms with Crippen LogP contribution < -0.4 is 15.8 Å². The van der Waals surface area contributed by atoms with E-state index in [1.165, 1.54) is 23.5 Å². The van der Waals surface area contributed by atoms with E-state index >= 15 is 0 Å². The number of nitrogens with two attached hydrogens (primary N) is 1. The number of imidazole rings is 1. The Morgan fingerprint density at radius 1 is 1.42 bits per heavy atom. The Kier molecular flexibility index (Phi) is 8.14. The van der Waals surface area contributed by atoms with Crippen LogP contribution in [0, 0.1) is 5.92 Å². The van der Waals surface area contributed by atoms with Gasteiger partial charge in [0, 0.05) is 25.8 Å². The van der Waals surface area contributed by atoms with Gasteiger partial charge in [0.05, 0.1) is 12.9 Å². The Morgan fingerprint density at radius 3 is 2.62 bits per heavy atom. The second-order valence-corrected chi connectivity index (χ2v) is 7.72. The first kappa shape index (κ1) is 20.9. The fourth-order valence-corrected chi connectivity index (χ4v) is 3.89. The number of nitrogens with zero attached hydrogens (tertiary/aromatic N) is 2. The zero-order valence-electron chi connectivity index (χ0n) is 13.8. The molecule has 1 unspecified atom stereocenters. The molecule has 1 aromatic rings. The lowest BCUT2D eigenvalue weighted by molar-refractivity contribution is -0.121. The van der Waals surface area contributed by atoms with E-state index in [0.717, 1.165) is 25.7 Å². The molecule has 1 aromatic heterocycles. The molecule has 1 atom stereocenters. The van der Waals surface area contributed by atoms with Crippen molar-refractivity contribution in [3.05, 3.63) is 12.5 Å². The van der Waals surface area contributed by atoms with Gasteiger partial charge in [0.1, 0.15) is 0 Å². The van der Waals surface area contributed by atoms with Gasteiger partial charge >= 0.3 is 0 Å². The highest BCUT2D eigenvalue weighted by atomic mass is 35.5. The Balaban J connectivity index is 0.00000288. The van der Waals surface area contributed by atoms with Gasteiger partial charge in [-0.2, -0.15) is 0 Å². The van der Waals surface area contributed by atoms with Gasteiger partial charge in [-0.25, -0.2) is 18.1 Å². The van der Waals surface area contributed by atoms with E-state index in [0.29, 0.717) is 12.5 Å². The molecule has 2 rings (SSSR count). The Morgan fingerprint density at radius 2 is 2.08 bits per heavy atom. The van der Waals surface area contributed by atoms with Crippen molar-refractivity contribution in [3.8, 4) is 0 Å². The van der Waals surface area contributed by atoms with E-state index < -0.39 is 10.0 Å². The molecule has 1 heterocycles. The van der Waals surface area contributed by atoms with Crippen LogP contribution in [0.25, 0.3) is 0 Å². The first-order valence-corrected chi connectivity index (χ1v) is 9.38. The number of nitrogens with one attached hydrogen (secondary N) is 2. The molecule has 1 fully saturated rings. The van der Waals surface area contributed by atoms with Crippen LogP contribution in [0.3, 0.4) is 0 Å². The highest BCUT2D eigenvalue weighted by Crippen LogP contribution is 2.26. The molecule has 1 aliphatic carbocycles.